The van der Waals surface area contributed by atoms with Gasteiger partial charge in [0.1, 0.15) is 6.04 Å². The second kappa shape index (κ2) is 7.68. The number of quaternary nitrogens is 1. The van der Waals surface area contributed by atoms with E-state index in [4.69, 9.17) is 11.6 Å². The Morgan fingerprint density at radius 2 is 1.71 bits per heavy atom. The Bertz CT molecular complexity index is 731. The molecule has 0 unspecified atom stereocenters. The lowest BCUT2D eigenvalue weighted by Gasteiger charge is -2.56. The molecular formula is C22H31ClN3O2+. The third-order valence-electron chi connectivity index (χ3n) is 7.02. The molecule has 6 heteroatoms. The fraction of sp³-hybridized carbons (Fsp3) is 0.636. The average Bonchev–Trinajstić information content (AvgIpc) is 2.59. The first-order valence-electron chi connectivity index (χ1n) is 10.6. The number of amides is 3. The summed E-state index contributed by atoms with van der Waals surface area (Å²) in [7, 11) is 0. The van der Waals surface area contributed by atoms with Crippen LogP contribution < -0.4 is 16.0 Å². The van der Waals surface area contributed by atoms with Gasteiger partial charge in [0.15, 0.2) is 6.04 Å². The molecule has 0 aliphatic heterocycles. The minimum atomic E-state index is -0.365. The lowest BCUT2D eigenvalue weighted by molar-refractivity contribution is -0.710. The van der Waals surface area contributed by atoms with Crippen molar-refractivity contribution in [1.82, 2.24) is 10.6 Å². The third-order valence-corrected chi connectivity index (χ3v) is 7.25. The first kappa shape index (κ1) is 19.7. The second-order valence-corrected chi connectivity index (χ2v) is 9.90. The Hall–Kier alpha value is -1.59. The summed E-state index contributed by atoms with van der Waals surface area (Å²) in [5, 5.41) is 8.42. The molecule has 28 heavy (non-hydrogen) atoms. The van der Waals surface area contributed by atoms with Crippen molar-refractivity contribution in [3.8, 4) is 0 Å². The molecule has 4 aliphatic rings. The van der Waals surface area contributed by atoms with Gasteiger partial charge in [0.05, 0.1) is 0 Å². The van der Waals surface area contributed by atoms with Crippen LogP contribution in [0.1, 0.15) is 64.0 Å². The molecular weight excluding hydrogens is 374 g/mol. The zero-order chi connectivity index (χ0) is 19.9. The van der Waals surface area contributed by atoms with Gasteiger partial charge >= 0.3 is 6.03 Å². The average molecular weight is 405 g/mol. The summed E-state index contributed by atoms with van der Waals surface area (Å²) in [6, 6.07) is 7.03. The molecule has 3 amide bonds. The molecule has 4 bridgehead atoms. The number of benzene rings is 1. The van der Waals surface area contributed by atoms with Gasteiger partial charge in [-0.15, -0.1) is 0 Å². The molecule has 4 saturated carbocycles. The van der Waals surface area contributed by atoms with Crippen molar-refractivity contribution in [2.75, 3.05) is 0 Å². The van der Waals surface area contributed by atoms with Crippen LogP contribution >= 0.6 is 11.6 Å². The van der Waals surface area contributed by atoms with E-state index in [0.29, 0.717) is 5.02 Å². The van der Waals surface area contributed by atoms with Gasteiger partial charge in [-0.2, -0.15) is 0 Å². The predicted molar refractivity (Wildman–Crippen MR) is 109 cm³/mol. The van der Waals surface area contributed by atoms with E-state index in [9.17, 15) is 9.59 Å². The first-order valence-corrected chi connectivity index (χ1v) is 10.9. The molecule has 2 atom stereocenters. The molecule has 5 rings (SSSR count). The Labute approximate surface area is 172 Å². The molecule has 4 aliphatic carbocycles. The molecule has 1 aromatic rings. The van der Waals surface area contributed by atoms with E-state index in [2.05, 4.69) is 10.6 Å². The number of hydrogen-bond acceptors (Lipinski definition) is 2. The summed E-state index contributed by atoms with van der Waals surface area (Å²) in [5.74, 6) is 2.02. The topological polar surface area (TPSA) is 74.8 Å². The number of nitrogens with two attached hydrogens (primary N) is 1. The van der Waals surface area contributed by atoms with Gasteiger partial charge in [0.2, 0.25) is 0 Å². The van der Waals surface area contributed by atoms with E-state index in [0.717, 1.165) is 42.6 Å². The molecule has 5 nitrogen and oxygen atoms in total. The maximum atomic E-state index is 12.6. The molecule has 4 fully saturated rings. The van der Waals surface area contributed by atoms with Crippen LogP contribution in [0.4, 0.5) is 4.79 Å². The Morgan fingerprint density at radius 1 is 1.11 bits per heavy atom. The second-order valence-electron chi connectivity index (χ2n) is 9.47. The SMILES string of the molecule is C[C@H]([NH2+][C@H](C)c1cccc(Cl)c1)C(=O)NC(=O)NC12CC3CC(CC(C3)C1)C2. The lowest BCUT2D eigenvalue weighted by atomic mass is 9.53. The molecule has 0 radical (unpaired) electrons. The highest BCUT2D eigenvalue weighted by molar-refractivity contribution is 6.30. The standard InChI is InChI=1S/C22H30ClN3O2/c1-13(18-4-3-5-19(23)9-18)24-14(2)20(27)25-21(28)26-22-10-15-6-16(11-22)8-17(7-15)12-22/h3-5,9,13-17,24H,6-8,10-12H2,1-2H3,(H2,25,26,27,28)/p+1/t13-,14+,15?,16?,17?,22?/m1/s1. The fourth-order valence-corrected chi connectivity index (χ4v) is 6.38. The quantitative estimate of drug-likeness (QED) is 0.705. The normalized spacial score (nSPS) is 32.6. The summed E-state index contributed by atoms with van der Waals surface area (Å²) < 4.78 is 0. The highest BCUT2D eigenvalue weighted by Crippen LogP contribution is 2.55. The first-order chi connectivity index (χ1) is 13.3. The van der Waals surface area contributed by atoms with Crippen molar-refractivity contribution in [2.24, 2.45) is 17.8 Å². The summed E-state index contributed by atoms with van der Waals surface area (Å²) in [4.78, 5) is 25.1. The zero-order valence-electron chi connectivity index (χ0n) is 16.7. The number of imide groups is 1. The zero-order valence-corrected chi connectivity index (χ0v) is 17.5. The van der Waals surface area contributed by atoms with E-state index in [1.165, 1.54) is 19.3 Å². The maximum absolute atomic E-state index is 12.6. The molecule has 152 valence electrons. The highest BCUT2D eigenvalue weighted by atomic mass is 35.5. The summed E-state index contributed by atoms with van der Waals surface area (Å²) in [5.41, 5.74) is 0.977. The number of hydrogen-bond donors (Lipinski definition) is 3. The lowest BCUT2D eigenvalue weighted by Crippen LogP contribution is -2.92. The minimum Gasteiger partial charge on any atom is -0.332 e. The Kier molecular flexibility index (Phi) is 5.41. The van der Waals surface area contributed by atoms with Crippen LogP contribution in [0.25, 0.3) is 0 Å². The van der Waals surface area contributed by atoms with E-state index in [1.54, 1.807) is 0 Å². The summed E-state index contributed by atoms with van der Waals surface area (Å²) in [6.07, 6.45) is 7.22. The largest absolute Gasteiger partial charge is 0.332 e. The van der Waals surface area contributed by atoms with Crippen molar-refractivity contribution in [3.05, 3.63) is 34.9 Å². The highest BCUT2D eigenvalue weighted by Gasteiger charge is 2.51. The van der Waals surface area contributed by atoms with E-state index in [-0.39, 0.29) is 29.6 Å². The molecule has 4 N–H and O–H groups in total. The maximum Gasteiger partial charge on any atom is 0.322 e. The van der Waals surface area contributed by atoms with Crippen molar-refractivity contribution < 1.29 is 14.9 Å². The minimum absolute atomic E-state index is 0.0747. The monoisotopic (exact) mass is 404 g/mol. The van der Waals surface area contributed by atoms with Crippen LogP contribution in [0.5, 0.6) is 0 Å². The van der Waals surface area contributed by atoms with Crippen LogP contribution in [-0.2, 0) is 4.79 Å². The Morgan fingerprint density at radius 3 is 2.29 bits per heavy atom. The summed E-state index contributed by atoms with van der Waals surface area (Å²) in [6.45, 7) is 3.86. The smallest absolute Gasteiger partial charge is 0.322 e. The van der Waals surface area contributed by atoms with Crippen LogP contribution in [-0.4, -0.2) is 23.5 Å². The van der Waals surface area contributed by atoms with Crippen LogP contribution in [0, 0.1) is 17.8 Å². The van der Waals surface area contributed by atoms with Gasteiger partial charge < -0.3 is 10.6 Å². The number of urea groups is 1. The van der Waals surface area contributed by atoms with Crippen LogP contribution in [0.3, 0.4) is 0 Å². The van der Waals surface area contributed by atoms with Gasteiger partial charge in [-0.3, -0.25) is 10.1 Å². The third kappa shape index (κ3) is 4.20. The fourth-order valence-electron chi connectivity index (χ4n) is 6.18. The van der Waals surface area contributed by atoms with Gasteiger partial charge in [0.25, 0.3) is 5.91 Å². The molecule has 1 aromatic carbocycles. The summed E-state index contributed by atoms with van der Waals surface area (Å²) >= 11 is 6.06. The van der Waals surface area contributed by atoms with Gasteiger partial charge in [-0.05, 0) is 82.3 Å². The molecule has 0 saturated heterocycles. The molecule has 0 heterocycles. The molecule has 0 spiro atoms. The number of carbonyl (C=O) groups excluding carboxylic acids is 2. The van der Waals surface area contributed by atoms with E-state index >= 15 is 0 Å². The molecule has 0 aromatic heterocycles. The van der Waals surface area contributed by atoms with Crippen LogP contribution in [0.2, 0.25) is 5.02 Å². The van der Waals surface area contributed by atoms with E-state index in [1.807, 2.05) is 43.4 Å². The number of halogens is 1. The number of rotatable bonds is 5. The van der Waals surface area contributed by atoms with Crippen molar-refractivity contribution in [3.63, 3.8) is 0 Å². The van der Waals surface area contributed by atoms with Gasteiger partial charge in [-0.25, -0.2) is 4.79 Å². The van der Waals surface area contributed by atoms with Crippen molar-refractivity contribution in [2.45, 2.75) is 70.0 Å². The van der Waals surface area contributed by atoms with Crippen LogP contribution in [0.15, 0.2) is 24.3 Å². The van der Waals surface area contributed by atoms with Crippen molar-refractivity contribution in [1.29, 1.82) is 0 Å². The van der Waals surface area contributed by atoms with Gasteiger partial charge in [0, 0.05) is 16.1 Å². The predicted octanol–water partition coefficient (Wildman–Crippen LogP) is 3.15. The van der Waals surface area contributed by atoms with E-state index < -0.39 is 0 Å². The van der Waals surface area contributed by atoms with Gasteiger partial charge in [-0.1, -0.05) is 23.7 Å². The van der Waals surface area contributed by atoms with Crippen molar-refractivity contribution >= 4 is 23.5 Å². The number of carbonyl (C=O) groups is 2. The number of nitrogens with one attached hydrogen (secondary N) is 2. The Balaban J connectivity index is 1.30.